The van der Waals surface area contributed by atoms with Crippen molar-refractivity contribution in [3.63, 3.8) is 0 Å². The van der Waals surface area contributed by atoms with Gasteiger partial charge in [0.15, 0.2) is 0 Å². The van der Waals surface area contributed by atoms with Gasteiger partial charge in [-0.05, 0) is 38.3 Å². The van der Waals surface area contributed by atoms with E-state index in [9.17, 15) is 5.11 Å². The summed E-state index contributed by atoms with van der Waals surface area (Å²) in [5.41, 5.74) is 0.513. The van der Waals surface area contributed by atoms with Crippen LogP contribution in [0.2, 0.25) is 25.7 Å². The summed E-state index contributed by atoms with van der Waals surface area (Å²) in [6.45, 7) is 10.7. The summed E-state index contributed by atoms with van der Waals surface area (Å²) < 4.78 is 0. The summed E-state index contributed by atoms with van der Waals surface area (Å²) in [5.74, 6) is 0.697. The minimum Gasteiger partial charge on any atom is -0.386 e. The Labute approximate surface area is 101 Å². The first-order valence-corrected chi connectivity index (χ1v) is 9.89. The molecule has 0 unspecified atom stereocenters. The second-order valence-corrected chi connectivity index (χ2v) is 11.7. The monoisotopic (exact) mass is 248 g/mol. The molecule has 0 heterocycles. The van der Waals surface area contributed by atoms with Crippen molar-refractivity contribution >= 4 is 19.7 Å². The lowest BCUT2D eigenvalue weighted by Gasteiger charge is -2.27. The standard InChI is InChI=1S/C12H25ClOSi/c1-12(2,14)11(8-6-7-9-13)10-15(3,4)5/h8,14H,6-7,9-10H2,1-5H3/b11-8+. The zero-order chi connectivity index (χ0) is 12.1. The quantitative estimate of drug-likeness (QED) is 0.326. The normalized spacial score (nSPS) is 14.5. The lowest BCUT2D eigenvalue weighted by Crippen LogP contribution is -2.29. The zero-order valence-corrected chi connectivity index (χ0v) is 12.5. The molecule has 1 nitrogen and oxygen atoms in total. The number of aliphatic hydroxyl groups is 1. The van der Waals surface area contributed by atoms with E-state index in [-0.39, 0.29) is 0 Å². The van der Waals surface area contributed by atoms with Gasteiger partial charge in [-0.15, -0.1) is 11.6 Å². The van der Waals surface area contributed by atoms with Gasteiger partial charge in [0.25, 0.3) is 0 Å². The van der Waals surface area contributed by atoms with Crippen LogP contribution in [0.5, 0.6) is 0 Å². The van der Waals surface area contributed by atoms with Gasteiger partial charge < -0.3 is 5.11 Å². The molecule has 0 aliphatic rings. The van der Waals surface area contributed by atoms with Crippen molar-refractivity contribution in [2.24, 2.45) is 0 Å². The maximum Gasteiger partial charge on any atom is 0.0797 e. The van der Waals surface area contributed by atoms with E-state index in [1.807, 2.05) is 13.8 Å². The summed E-state index contributed by atoms with van der Waals surface area (Å²) in [6.07, 6.45) is 4.15. The van der Waals surface area contributed by atoms with E-state index in [4.69, 9.17) is 11.6 Å². The second kappa shape index (κ2) is 6.07. The van der Waals surface area contributed by atoms with E-state index in [1.165, 1.54) is 5.57 Å². The Hall–Kier alpha value is 0.207. The molecule has 0 aromatic carbocycles. The third-order valence-electron chi connectivity index (χ3n) is 2.24. The Morgan fingerprint density at radius 3 is 2.20 bits per heavy atom. The van der Waals surface area contributed by atoms with Gasteiger partial charge in [0, 0.05) is 14.0 Å². The van der Waals surface area contributed by atoms with Crippen molar-refractivity contribution in [3.05, 3.63) is 11.6 Å². The van der Waals surface area contributed by atoms with Crippen molar-refractivity contribution in [2.45, 2.75) is 58.0 Å². The third-order valence-corrected chi connectivity index (χ3v) is 3.94. The first kappa shape index (κ1) is 15.2. The van der Waals surface area contributed by atoms with Crippen LogP contribution in [0.25, 0.3) is 0 Å². The summed E-state index contributed by atoms with van der Waals surface area (Å²) >= 11 is 5.65. The fourth-order valence-corrected chi connectivity index (χ4v) is 3.34. The number of alkyl halides is 1. The van der Waals surface area contributed by atoms with Gasteiger partial charge in [0.1, 0.15) is 0 Å². The van der Waals surface area contributed by atoms with Crippen molar-refractivity contribution < 1.29 is 5.11 Å². The number of allylic oxidation sites excluding steroid dienone is 1. The zero-order valence-electron chi connectivity index (χ0n) is 10.7. The molecule has 15 heavy (non-hydrogen) atoms. The highest BCUT2D eigenvalue weighted by atomic mass is 35.5. The van der Waals surface area contributed by atoms with Gasteiger partial charge in [-0.2, -0.15) is 0 Å². The lowest BCUT2D eigenvalue weighted by molar-refractivity contribution is 0.119. The van der Waals surface area contributed by atoms with Gasteiger partial charge in [0.2, 0.25) is 0 Å². The molecular weight excluding hydrogens is 224 g/mol. The molecule has 0 radical (unpaired) electrons. The topological polar surface area (TPSA) is 20.2 Å². The van der Waals surface area contributed by atoms with Gasteiger partial charge in [-0.25, -0.2) is 0 Å². The Morgan fingerprint density at radius 2 is 1.87 bits per heavy atom. The fourth-order valence-electron chi connectivity index (χ4n) is 1.46. The summed E-state index contributed by atoms with van der Waals surface area (Å²) in [7, 11) is -1.15. The fraction of sp³-hybridized carbons (Fsp3) is 0.833. The highest BCUT2D eigenvalue weighted by molar-refractivity contribution is 6.76. The van der Waals surface area contributed by atoms with Crippen molar-refractivity contribution in [2.75, 3.05) is 5.88 Å². The third kappa shape index (κ3) is 8.06. The van der Waals surface area contributed by atoms with E-state index in [0.717, 1.165) is 18.9 Å². The Kier molecular flexibility index (Phi) is 6.15. The molecule has 90 valence electrons. The summed E-state index contributed by atoms with van der Waals surface area (Å²) in [4.78, 5) is 0. The van der Waals surface area contributed by atoms with Gasteiger partial charge in [0.05, 0.1) is 5.60 Å². The van der Waals surface area contributed by atoms with Crippen LogP contribution in [0.15, 0.2) is 11.6 Å². The van der Waals surface area contributed by atoms with Crippen LogP contribution >= 0.6 is 11.6 Å². The smallest absolute Gasteiger partial charge is 0.0797 e. The second-order valence-electron chi connectivity index (χ2n) is 5.86. The van der Waals surface area contributed by atoms with Crippen LogP contribution in [0, 0.1) is 0 Å². The number of hydrogen-bond donors (Lipinski definition) is 1. The molecule has 3 heteroatoms. The van der Waals surface area contributed by atoms with E-state index < -0.39 is 13.7 Å². The van der Waals surface area contributed by atoms with Crippen LogP contribution in [-0.2, 0) is 0 Å². The van der Waals surface area contributed by atoms with E-state index in [2.05, 4.69) is 25.7 Å². The number of halogens is 1. The molecule has 0 amide bonds. The Balaban J connectivity index is 4.53. The summed E-state index contributed by atoms with van der Waals surface area (Å²) in [5, 5.41) is 10.1. The lowest BCUT2D eigenvalue weighted by atomic mass is 9.98. The molecule has 0 atom stereocenters. The van der Waals surface area contributed by atoms with Crippen LogP contribution < -0.4 is 0 Å². The minimum absolute atomic E-state index is 0.674. The van der Waals surface area contributed by atoms with Crippen molar-refractivity contribution in [1.29, 1.82) is 0 Å². The molecule has 0 aromatic rings. The Morgan fingerprint density at radius 1 is 1.33 bits per heavy atom. The van der Waals surface area contributed by atoms with Crippen LogP contribution in [0.3, 0.4) is 0 Å². The molecule has 1 N–H and O–H groups in total. The Bertz CT molecular complexity index is 211. The largest absolute Gasteiger partial charge is 0.386 e. The van der Waals surface area contributed by atoms with E-state index in [0.29, 0.717) is 5.88 Å². The molecule has 0 aromatic heterocycles. The number of unbranched alkanes of at least 4 members (excludes halogenated alkanes) is 1. The highest BCUT2D eigenvalue weighted by Gasteiger charge is 2.24. The maximum absolute atomic E-state index is 10.1. The first-order valence-electron chi connectivity index (χ1n) is 5.64. The van der Waals surface area contributed by atoms with Gasteiger partial charge in [-0.1, -0.05) is 25.7 Å². The van der Waals surface area contributed by atoms with Gasteiger partial charge in [-0.3, -0.25) is 0 Å². The molecule has 0 fully saturated rings. The molecule has 0 spiro atoms. The molecule has 0 aliphatic carbocycles. The maximum atomic E-state index is 10.1. The summed E-state index contributed by atoms with van der Waals surface area (Å²) in [6, 6.07) is 1.07. The molecule has 0 saturated carbocycles. The van der Waals surface area contributed by atoms with Crippen LogP contribution in [0.4, 0.5) is 0 Å². The average Bonchev–Trinajstić information content (AvgIpc) is 1.99. The first-order chi connectivity index (χ1) is 6.67. The predicted octanol–water partition coefficient (Wildman–Crippen LogP) is 4.04. The van der Waals surface area contributed by atoms with Crippen molar-refractivity contribution in [1.82, 2.24) is 0 Å². The molecular formula is C12H25ClOSi. The predicted molar refractivity (Wildman–Crippen MR) is 72.5 cm³/mol. The molecule has 0 saturated heterocycles. The van der Waals surface area contributed by atoms with Gasteiger partial charge >= 0.3 is 0 Å². The van der Waals surface area contributed by atoms with Crippen LogP contribution in [-0.4, -0.2) is 24.7 Å². The highest BCUT2D eigenvalue weighted by Crippen LogP contribution is 2.26. The number of rotatable bonds is 6. The van der Waals surface area contributed by atoms with E-state index >= 15 is 0 Å². The van der Waals surface area contributed by atoms with Crippen LogP contribution in [0.1, 0.15) is 26.7 Å². The number of hydrogen-bond acceptors (Lipinski definition) is 1. The molecule has 0 aliphatic heterocycles. The molecule has 0 bridgehead atoms. The molecule has 0 rings (SSSR count). The average molecular weight is 249 g/mol. The SMILES string of the molecule is CC(C)(O)/C(=C/CCCCl)C[Si](C)(C)C. The minimum atomic E-state index is -1.15. The van der Waals surface area contributed by atoms with E-state index in [1.54, 1.807) is 0 Å². The van der Waals surface area contributed by atoms with Crippen molar-refractivity contribution in [3.8, 4) is 0 Å².